The monoisotopic (exact) mass is 334 g/mol. The minimum absolute atomic E-state index is 0.0326. The molecule has 0 saturated heterocycles. The molecule has 24 heavy (non-hydrogen) atoms. The molecule has 0 aromatic carbocycles. The zero-order valence-electron chi connectivity index (χ0n) is 16.0. The smallest absolute Gasteiger partial charge is 0.0543 e. The highest BCUT2D eigenvalue weighted by molar-refractivity contribution is 5.09. The van der Waals surface area contributed by atoms with Gasteiger partial charge in [-0.1, -0.05) is 20.8 Å². The second kappa shape index (κ2) is 5.98. The Morgan fingerprint density at radius 3 is 2.38 bits per heavy atom. The van der Waals surface area contributed by atoms with E-state index in [4.69, 9.17) is 0 Å². The molecule has 4 fully saturated rings. The Balaban J connectivity index is 1.59. The largest absolute Gasteiger partial charge is 0.396 e. The topological polar surface area (TPSA) is 40.5 Å². The Bertz CT molecular complexity index is 477. The van der Waals surface area contributed by atoms with Gasteiger partial charge in [0.15, 0.2) is 0 Å². The molecule has 138 valence electrons. The molecule has 0 aromatic heterocycles. The van der Waals surface area contributed by atoms with Crippen molar-refractivity contribution in [1.82, 2.24) is 0 Å². The number of aliphatic hydroxyl groups is 2. The predicted octanol–water partition coefficient (Wildman–Crippen LogP) is 4.63. The molecule has 0 aliphatic heterocycles. The summed E-state index contributed by atoms with van der Waals surface area (Å²) in [5.74, 6) is 4.65. The van der Waals surface area contributed by atoms with Gasteiger partial charge in [-0.15, -0.1) is 0 Å². The van der Waals surface area contributed by atoms with E-state index >= 15 is 0 Å². The van der Waals surface area contributed by atoms with Crippen LogP contribution in [0.1, 0.15) is 78.6 Å². The van der Waals surface area contributed by atoms with Gasteiger partial charge in [-0.25, -0.2) is 0 Å². The normalized spacial score (nSPS) is 55.4. The van der Waals surface area contributed by atoms with Gasteiger partial charge in [0.05, 0.1) is 6.10 Å². The molecule has 0 heterocycles. The molecule has 0 aromatic rings. The summed E-state index contributed by atoms with van der Waals surface area (Å²) in [6.07, 6.45) is 11.6. The van der Waals surface area contributed by atoms with Crippen LogP contribution in [0.3, 0.4) is 0 Å². The average Bonchev–Trinajstić information content (AvgIpc) is 2.92. The Morgan fingerprint density at radius 1 is 0.917 bits per heavy atom. The van der Waals surface area contributed by atoms with Gasteiger partial charge in [0.2, 0.25) is 0 Å². The van der Waals surface area contributed by atoms with Gasteiger partial charge in [0.1, 0.15) is 0 Å². The molecule has 9 atom stereocenters. The van der Waals surface area contributed by atoms with Crippen molar-refractivity contribution in [3.63, 3.8) is 0 Å². The van der Waals surface area contributed by atoms with Crippen molar-refractivity contribution in [3.8, 4) is 0 Å². The number of hydrogen-bond acceptors (Lipinski definition) is 2. The molecule has 4 aliphatic rings. The van der Waals surface area contributed by atoms with E-state index < -0.39 is 0 Å². The maximum Gasteiger partial charge on any atom is 0.0543 e. The molecule has 4 saturated carbocycles. The Morgan fingerprint density at radius 2 is 1.62 bits per heavy atom. The van der Waals surface area contributed by atoms with Crippen LogP contribution in [0.2, 0.25) is 0 Å². The molecule has 2 heteroatoms. The fourth-order valence-electron chi connectivity index (χ4n) is 8.34. The third-order valence-electron chi connectivity index (χ3n) is 9.69. The lowest BCUT2D eigenvalue weighted by molar-refractivity contribution is -0.130. The van der Waals surface area contributed by atoms with Gasteiger partial charge in [-0.3, -0.25) is 0 Å². The van der Waals surface area contributed by atoms with E-state index in [2.05, 4.69) is 20.8 Å². The highest BCUT2D eigenvalue weighted by atomic mass is 16.3. The first-order valence-corrected chi connectivity index (χ1v) is 10.7. The third kappa shape index (κ3) is 2.35. The summed E-state index contributed by atoms with van der Waals surface area (Å²) < 4.78 is 0. The fraction of sp³-hybridized carbons (Fsp3) is 1.00. The van der Waals surface area contributed by atoms with E-state index in [1.807, 2.05) is 0 Å². The van der Waals surface area contributed by atoms with Crippen LogP contribution in [0.15, 0.2) is 0 Å². The van der Waals surface area contributed by atoms with E-state index in [9.17, 15) is 10.2 Å². The van der Waals surface area contributed by atoms with E-state index in [0.29, 0.717) is 23.4 Å². The highest BCUT2D eigenvalue weighted by Gasteiger charge is 2.60. The van der Waals surface area contributed by atoms with E-state index in [1.165, 1.54) is 44.9 Å². The van der Waals surface area contributed by atoms with Crippen LogP contribution in [0.4, 0.5) is 0 Å². The molecule has 0 spiro atoms. The van der Waals surface area contributed by atoms with Crippen molar-refractivity contribution in [2.75, 3.05) is 6.61 Å². The van der Waals surface area contributed by atoms with Gasteiger partial charge in [-0.05, 0) is 104 Å². The van der Waals surface area contributed by atoms with Gasteiger partial charge in [0, 0.05) is 6.61 Å². The number of hydrogen-bond donors (Lipinski definition) is 2. The maximum atomic E-state index is 10.1. The van der Waals surface area contributed by atoms with Crippen LogP contribution < -0.4 is 0 Å². The summed E-state index contributed by atoms with van der Waals surface area (Å²) in [5.41, 5.74) is 0.963. The van der Waals surface area contributed by atoms with Gasteiger partial charge < -0.3 is 10.2 Å². The second-order valence-corrected chi connectivity index (χ2v) is 10.5. The summed E-state index contributed by atoms with van der Waals surface area (Å²) in [5, 5.41) is 19.9. The van der Waals surface area contributed by atoms with Gasteiger partial charge in [-0.2, -0.15) is 0 Å². The Labute approximate surface area is 148 Å². The van der Waals surface area contributed by atoms with Gasteiger partial charge in [0.25, 0.3) is 0 Å². The van der Waals surface area contributed by atoms with E-state index in [1.54, 1.807) is 0 Å². The van der Waals surface area contributed by atoms with Crippen LogP contribution in [0, 0.1) is 46.3 Å². The lowest BCUT2D eigenvalue weighted by Crippen LogP contribution is -2.54. The second-order valence-electron chi connectivity index (χ2n) is 10.5. The molecular formula is C22H38O2. The van der Waals surface area contributed by atoms with E-state index in [-0.39, 0.29) is 6.10 Å². The highest BCUT2D eigenvalue weighted by Crippen LogP contribution is 2.68. The molecular weight excluding hydrogens is 296 g/mol. The first-order valence-electron chi connectivity index (χ1n) is 10.7. The fourth-order valence-corrected chi connectivity index (χ4v) is 8.34. The number of aliphatic hydroxyl groups excluding tert-OH is 2. The Kier molecular flexibility index (Phi) is 4.32. The first-order chi connectivity index (χ1) is 11.4. The van der Waals surface area contributed by atoms with Crippen molar-refractivity contribution < 1.29 is 10.2 Å². The summed E-state index contributed by atoms with van der Waals surface area (Å²) >= 11 is 0. The summed E-state index contributed by atoms with van der Waals surface area (Å²) in [6.45, 7) is 7.77. The lowest BCUT2D eigenvalue weighted by atomic mass is 9.44. The molecule has 4 aliphatic carbocycles. The van der Waals surface area contributed by atoms with Crippen molar-refractivity contribution >= 4 is 0 Å². The minimum Gasteiger partial charge on any atom is -0.396 e. The molecule has 0 amide bonds. The van der Waals surface area contributed by atoms with E-state index in [0.717, 1.165) is 42.4 Å². The van der Waals surface area contributed by atoms with Crippen LogP contribution >= 0.6 is 0 Å². The van der Waals surface area contributed by atoms with Crippen LogP contribution in [-0.2, 0) is 0 Å². The predicted molar refractivity (Wildman–Crippen MR) is 97.5 cm³/mol. The number of fused-ring (bicyclic) bond motifs is 5. The summed E-state index contributed by atoms with van der Waals surface area (Å²) in [7, 11) is 0. The first kappa shape index (κ1) is 17.3. The van der Waals surface area contributed by atoms with Crippen molar-refractivity contribution in [2.24, 2.45) is 46.3 Å². The molecule has 0 radical (unpaired) electrons. The van der Waals surface area contributed by atoms with Crippen LogP contribution in [0.25, 0.3) is 0 Å². The molecule has 2 nitrogen and oxygen atoms in total. The third-order valence-corrected chi connectivity index (χ3v) is 9.69. The Hall–Kier alpha value is -0.0800. The summed E-state index contributed by atoms with van der Waals surface area (Å²) in [6, 6.07) is 0. The van der Waals surface area contributed by atoms with Gasteiger partial charge >= 0.3 is 0 Å². The zero-order valence-corrected chi connectivity index (χ0v) is 16.0. The van der Waals surface area contributed by atoms with Crippen molar-refractivity contribution in [1.29, 1.82) is 0 Å². The molecule has 0 bridgehead atoms. The maximum absolute atomic E-state index is 10.1. The molecule has 0 unspecified atom stereocenters. The number of rotatable bonds is 2. The quantitative estimate of drug-likeness (QED) is 0.772. The SMILES string of the molecule is C[C@H](CO)[C@H]1CC[C@H]2[C@@H]3CC[C@H]4C[C@@H](O)CC[C@]4(C)[C@H]3CC[C@]12C. The summed E-state index contributed by atoms with van der Waals surface area (Å²) in [4.78, 5) is 0. The zero-order chi connectivity index (χ0) is 17.1. The van der Waals surface area contributed by atoms with Crippen molar-refractivity contribution in [2.45, 2.75) is 84.7 Å². The minimum atomic E-state index is -0.0326. The van der Waals surface area contributed by atoms with Crippen LogP contribution in [0.5, 0.6) is 0 Å². The molecule has 2 N–H and O–H groups in total. The van der Waals surface area contributed by atoms with Crippen molar-refractivity contribution in [3.05, 3.63) is 0 Å². The lowest BCUT2D eigenvalue weighted by Gasteiger charge is -2.61. The van der Waals surface area contributed by atoms with Crippen LogP contribution in [-0.4, -0.2) is 22.9 Å². The molecule has 4 rings (SSSR count). The standard InChI is InChI=1S/C22H38O2/c1-14(13-23)18-6-7-19-17-5-4-15-12-16(24)8-10-21(15,2)20(17)9-11-22(18,19)3/h14-20,23-24H,4-13H2,1-3H3/t14-,15+,16+,17+,18-,19+,20+,21+,22-/m1/s1. The average molecular weight is 335 g/mol.